The van der Waals surface area contributed by atoms with Crippen LogP contribution >= 0.6 is 0 Å². The minimum absolute atomic E-state index is 0.0750. The van der Waals surface area contributed by atoms with Gasteiger partial charge >= 0.3 is 11.4 Å². The fourth-order valence-electron chi connectivity index (χ4n) is 3.86. The molecule has 0 saturated heterocycles. The zero-order valence-corrected chi connectivity index (χ0v) is 20.5. The first kappa shape index (κ1) is 24.4. The zero-order valence-electron chi connectivity index (χ0n) is 20.5. The first-order valence-corrected chi connectivity index (χ1v) is 10.8. The fraction of sp³-hybridized carbons (Fsp3) is 0.250. The third-order valence-electron chi connectivity index (χ3n) is 6.16. The molecule has 0 fully saturated rings. The topological polar surface area (TPSA) is 153 Å². The molecule has 0 amide bonds. The molecule has 12 heteroatoms. The quantitative estimate of drug-likeness (QED) is 0.619. The summed E-state index contributed by atoms with van der Waals surface area (Å²) >= 11 is 0. The summed E-state index contributed by atoms with van der Waals surface area (Å²) in [4.78, 5) is 58.2. The molecule has 0 saturated carbocycles. The highest BCUT2D eigenvalue weighted by molar-refractivity contribution is 6.52. The Balaban J connectivity index is 1.79. The van der Waals surface area contributed by atoms with E-state index >= 15 is 0 Å². The average molecular weight is 492 g/mol. The van der Waals surface area contributed by atoms with Crippen molar-refractivity contribution in [3.05, 3.63) is 87.5 Å². The van der Waals surface area contributed by atoms with Crippen LogP contribution in [0.25, 0.3) is 12.2 Å². The number of hydrogen-bond donors (Lipinski definition) is 2. The third-order valence-corrected chi connectivity index (χ3v) is 6.16. The molecule has 2 N–H and O–H groups in total. The average Bonchev–Trinajstić information content (AvgIpc) is 3.41. The van der Waals surface area contributed by atoms with Crippen molar-refractivity contribution in [1.82, 2.24) is 18.3 Å². The molecular weight excluding hydrogens is 468 g/mol. The van der Waals surface area contributed by atoms with Gasteiger partial charge in [-0.2, -0.15) is 0 Å². The van der Waals surface area contributed by atoms with E-state index in [1.165, 1.54) is 40.3 Å². The van der Waals surface area contributed by atoms with Gasteiger partial charge in [-0.3, -0.25) is 27.9 Å². The number of allylic oxidation sites excluding steroid dienone is 4. The molecule has 186 valence electrons. The first-order valence-electron chi connectivity index (χ1n) is 10.8. The molecule has 0 unspecified atom stereocenters. The number of nitrogens with zero attached hydrogens (tertiary/aromatic N) is 6. The van der Waals surface area contributed by atoms with Crippen LogP contribution < -0.4 is 22.5 Å². The van der Waals surface area contributed by atoms with Gasteiger partial charge in [0, 0.05) is 28.2 Å². The van der Waals surface area contributed by atoms with E-state index in [-0.39, 0.29) is 11.1 Å². The van der Waals surface area contributed by atoms with Crippen LogP contribution in [0.15, 0.2) is 63.9 Å². The van der Waals surface area contributed by atoms with E-state index in [4.69, 9.17) is 0 Å². The van der Waals surface area contributed by atoms with Crippen molar-refractivity contribution in [1.29, 1.82) is 0 Å². The summed E-state index contributed by atoms with van der Waals surface area (Å²) in [6.07, 6.45) is 6.32. The minimum atomic E-state index is -0.655. The van der Waals surface area contributed by atoms with Crippen LogP contribution in [0.1, 0.15) is 25.0 Å². The Bertz CT molecular complexity index is 1650. The molecule has 36 heavy (non-hydrogen) atoms. The van der Waals surface area contributed by atoms with Crippen LogP contribution in [-0.2, 0) is 28.2 Å². The lowest BCUT2D eigenvalue weighted by Gasteiger charge is -2.08. The van der Waals surface area contributed by atoms with E-state index in [2.05, 4.69) is 9.98 Å². The highest BCUT2D eigenvalue weighted by Gasteiger charge is 2.22. The molecule has 0 aromatic carbocycles. The summed E-state index contributed by atoms with van der Waals surface area (Å²) in [6, 6.07) is 0. The van der Waals surface area contributed by atoms with Crippen molar-refractivity contribution in [2.45, 2.75) is 13.8 Å². The molecule has 4 rings (SSSR count). The molecule has 12 nitrogen and oxygen atoms in total. The molecule has 2 aromatic rings. The summed E-state index contributed by atoms with van der Waals surface area (Å²) in [5.41, 5.74) is 0.438. The first-order chi connectivity index (χ1) is 16.8. The van der Waals surface area contributed by atoms with Crippen molar-refractivity contribution >= 4 is 23.6 Å². The van der Waals surface area contributed by atoms with Crippen LogP contribution in [0.2, 0.25) is 0 Å². The zero-order chi connectivity index (χ0) is 26.6. The Labute approximate surface area is 203 Å². The van der Waals surface area contributed by atoms with Crippen molar-refractivity contribution < 1.29 is 10.2 Å². The number of aliphatic imine (C=N–C) groups is 2. The summed E-state index contributed by atoms with van der Waals surface area (Å²) in [7, 11) is 5.36. The smallest absolute Gasteiger partial charge is 0.333 e. The van der Waals surface area contributed by atoms with Gasteiger partial charge in [-0.25, -0.2) is 19.6 Å². The molecule has 0 radical (unpaired) electrons. The Morgan fingerprint density at radius 2 is 0.972 bits per heavy atom. The standard InChI is InChI=1S/C24H24N6O6/c1-11-7-17(25-15(11)9-13-19(31)27(3)23(35)28(4)20(13)32)18-8-12(2)16(26-18)10-14-21(33)29(5)24(36)30(6)22(14)34/h7-10,31,33H,1-6H3/b15-9-,16-10-. The van der Waals surface area contributed by atoms with E-state index in [0.717, 1.165) is 18.3 Å². The predicted molar refractivity (Wildman–Crippen MR) is 136 cm³/mol. The third kappa shape index (κ3) is 3.72. The van der Waals surface area contributed by atoms with Gasteiger partial charge in [0.05, 0.1) is 22.8 Å². The largest absolute Gasteiger partial charge is 0.494 e. The number of rotatable bonds is 3. The summed E-state index contributed by atoms with van der Waals surface area (Å²) in [5, 5.41) is 20.7. The second kappa shape index (κ2) is 8.48. The molecule has 0 atom stereocenters. The lowest BCUT2D eigenvalue weighted by atomic mass is 10.1. The predicted octanol–water partition coefficient (Wildman–Crippen LogP) is 0.0764. The molecule has 2 aliphatic rings. The highest BCUT2D eigenvalue weighted by Crippen LogP contribution is 2.28. The normalized spacial score (nSPS) is 17.5. The highest BCUT2D eigenvalue weighted by atomic mass is 16.3. The number of aromatic nitrogens is 4. The molecule has 2 aliphatic heterocycles. The van der Waals surface area contributed by atoms with Gasteiger partial charge in [0.25, 0.3) is 11.1 Å². The van der Waals surface area contributed by atoms with E-state index in [9.17, 15) is 29.4 Å². The minimum Gasteiger partial charge on any atom is -0.494 e. The maximum absolute atomic E-state index is 12.5. The molecular formula is C24H24N6O6. The Morgan fingerprint density at radius 1 is 0.639 bits per heavy atom. The van der Waals surface area contributed by atoms with E-state index in [1.807, 2.05) is 0 Å². The van der Waals surface area contributed by atoms with Crippen molar-refractivity contribution in [2.75, 3.05) is 0 Å². The van der Waals surface area contributed by atoms with Gasteiger partial charge in [-0.1, -0.05) is 0 Å². The lowest BCUT2D eigenvalue weighted by molar-refractivity contribution is 0.409. The van der Waals surface area contributed by atoms with Crippen LogP contribution in [0, 0.1) is 0 Å². The number of hydrogen-bond acceptors (Lipinski definition) is 8. The van der Waals surface area contributed by atoms with Gasteiger partial charge in [0.2, 0.25) is 11.8 Å². The van der Waals surface area contributed by atoms with Crippen molar-refractivity contribution in [3.8, 4) is 11.8 Å². The second-order valence-electron chi connectivity index (χ2n) is 8.59. The summed E-state index contributed by atoms with van der Waals surface area (Å²) < 4.78 is 3.73. The van der Waals surface area contributed by atoms with E-state index in [0.29, 0.717) is 34.0 Å². The van der Waals surface area contributed by atoms with Crippen LogP contribution in [0.3, 0.4) is 0 Å². The lowest BCUT2D eigenvalue weighted by Crippen LogP contribution is -2.38. The maximum Gasteiger partial charge on any atom is 0.333 e. The maximum atomic E-state index is 12.5. The Morgan fingerprint density at radius 3 is 1.31 bits per heavy atom. The second-order valence-corrected chi connectivity index (χ2v) is 8.59. The summed E-state index contributed by atoms with van der Waals surface area (Å²) in [6.45, 7) is 3.56. The van der Waals surface area contributed by atoms with Gasteiger partial charge in [0.15, 0.2) is 0 Å². The number of aromatic hydroxyl groups is 2. The monoisotopic (exact) mass is 492 g/mol. The van der Waals surface area contributed by atoms with E-state index in [1.54, 1.807) is 26.0 Å². The van der Waals surface area contributed by atoms with Gasteiger partial charge in [0.1, 0.15) is 11.1 Å². The van der Waals surface area contributed by atoms with Gasteiger partial charge in [-0.15, -0.1) is 0 Å². The van der Waals surface area contributed by atoms with E-state index < -0.39 is 34.3 Å². The SMILES string of the molecule is CC1=CC(C2=N/C(=C\c3c(O)n(C)c(=O)n(C)c3=O)C(C)=C2)=N/C1=C\c1c(O)n(C)c(=O)n(C)c1=O. The summed E-state index contributed by atoms with van der Waals surface area (Å²) in [5.74, 6) is -0.935. The molecule has 4 heterocycles. The van der Waals surface area contributed by atoms with Crippen LogP contribution in [-0.4, -0.2) is 39.9 Å². The van der Waals surface area contributed by atoms with Gasteiger partial charge < -0.3 is 10.2 Å². The Kier molecular flexibility index (Phi) is 5.75. The van der Waals surface area contributed by atoms with Crippen LogP contribution in [0.4, 0.5) is 0 Å². The fourth-order valence-corrected chi connectivity index (χ4v) is 3.86. The van der Waals surface area contributed by atoms with Crippen LogP contribution in [0.5, 0.6) is 11.8 Å². The van der Waals surface area contributed by atoms with Crippen molar-refractivity contribution in [3.63, 3.8) is 0 Å². The molecule has 0 aliphatic carbocycles. The molecule has 2 aromatic heterocycles. The molecule has 0 bridgehead atoms. The van der Waals surface area contributed by atoms with Crippen molar-refractivity contribution in [2.24, 2.45) is 38.2 Å². The van der Waals surface area contributed by atoms with Gasteiger partial charge in [-0.05, 0) is 49.3 Å². The molecule has 0 spiro atoms. The Hall–Kier alpha value is -4.74.